The van der Waals surface area contributed by atoms with E-state index in [0.717, 1.165) is 71.4 Å². The van der Waals surface area contributed by atoms with E-state index in [1.54, 1.807) is 0 Å². The summed E-state index contributed by atoms with van der Waals surface area (Å²) in [6.07, 6.45) is 6.02. The number of carbonyl (C=O) groups is 1. The molecule has 0 spiro atoms. The minimum Gasteiger partial charge on any atom is -0.369 e. The third-order valence-corrected chi connectivity index (χ3v) is 5.87. The molecule has 2 fully saturated rings. The zero-order valence-corrected chi connectivity index (χ0v) is 16.2. The Hall–Kier alpha value is -1.59. The molecule has 144 valence electrons. The van der Waals surface area contributed by atoms with Crippen LogP contribution in [0.5, 0.6) is 0 Å². The first-order chi connectivity index (χ1) is 12.6. The van der Waals surface area contributed by atoms with Crippen LogP contribution in [-0.4, -0.2) is 55.6 Å². The Morgan fingerprint density at radius 2 is 1.88 bits per heavy atom. The molecule has 0 bridgehead atoms. The summed E-state index contributed by atoms with van der Waals surface area (Å²) >= 11 is 0. The normalized spacial score (nSPS) is 20.8. The van der Waals surface area contributed by atoms with E-state index in [0.29, 0.717) is 0 Å². The van der Waals surface area contributed by atoms with Gasteiger partial charge in [-0.05, 0) is 50.4 Å². The van der Waals surface area contributed by atoms with E-state index < -0.39 is 5.54 Å². The van der Waals surface area contributed by atoms with Crippen LogP contribution >= 0.6 is 0 Å². The van der Waals surface area contributed by atoms with Crippen molar-refractivity contribution >= 4 is 11.6 Å². The average Bonchev–Trinajstić information content (AvgIpc) is 2.66. The van der Waals surface area contributed by atoms with E-state index in [1.807, 2.05) is 0 Å². The van der Waals surface area contributed by atoms with Crippen molar-refractivity contribution in [1.29, 1.82) is 0 Å². The lowest BCUT2D eigenvalue weighted by atomic mass is 9.82. The summed E-state index contributed by atoms with van der Waals surface area (Å²) < 4.78 is 0. The molecule has 5 nitrogen and oxygen atoms in total. The smallest absolute Gasteiger partial charge is 0.240 e. The molecule has 0 unspecified atom stereocenters. The molecule has 1 heterocycles. The molecule has 5 heteroatoms. The van der Waals surface area contributed by atoms with Gasteiger partial charge in [-0.1, -0.05) is 31.4 Å². The van der Waals surface area contributed by atoms with Gasteiger partial charge in [0.1, 0.15) is 0 Å². The standard InChI is InChI=1S/C21H34N4O/c1-18-7-5-8-19(17-18)25-15-13-24(14-16-25)12-6-11-23-20(26)21(22)9-3-2-4-10-21/h5,7-8,17H,2-4,6,9-16,22H2,1H3,(H,23,26). The van der Waals surface area contributed by atoms with Crippen LogP contribution in [0.3, 0.4) is 0 Å². The van der Waals surface area contributed by atoms with Crippen molar-refractivity contribution in [3.8, 4) is 0 Å². The van der Waals surface area contributed by atoms with Gasteiger partial charge in [0.05, 0.1) is 5.54 Å². The topological polar surface area (TPSA) is 61.6 Å². The number of amides is 1. The van der Waals surface area contributed by atoms with Crippen molar-refractivity contribution in [2.75, 3.05) is 44.2 Å². The van der Waals surface area contributed by atoms with Gasteiger partial charge in [0.15, 0.2) is 0 Å². The molecule has 26 heavy (non-hydrogen) atoms. The lowest BCUT2D eigenvalue weighted by molar-refractivity contribution is -0.127. The Kier molecular flexibility index (Phi) is 6.54. The second kappa shape index (κ2) is 8.87. The van der Waals surface area contributed by atoms with Crippen molar-refractivity contribution in [3.63, 3.8) is 0 Å². The van der Waals surface area contributed by atoms with Gasteiger partial charge in [-0.3, -0.25) is 9.69 Å². The molecule has 3 N–H and O–H groups in total. The maximum atomic E-state index is 12.3. The Balaban J connectivity index is 1.33. The molecule has 1 aromatic carbocycles. The van der Waals surface area contributed by atoms with E-state index in [1.165, 1.54) is 17.7 Å². The third kappa shape index (κ3) is 4.98. The highest BCUT2D eigenvalue weighted by atomic mass is 16.2. The molecule has 0 aromatic heterocycles. The molecule has 3 rings (SSSR count). The molecule has 2 aliphatic rings. The summed E-state index contributed by atoms with van der Waals surface area (Å²) in [5.41, 5.74) is 8.31. The van der Waals surface area contributed by atoms with Crippen molar-refractivity contribution < 1.29 is 4.79 Å². The first kappa shape index (κ1) is 19.2. The maximum absolute atomic E-state index is 12.3. The van der Waals surface area contributed by atoms with E-state index >= 15 is 0 Å². The summed E-state index contributed by atoms with van der Waals surface area (Å²) in [7, 11) is 0. The number of hydrogen-bond acceptors (Lipinski definition) is 4. The predicted octanol–water partition coefficient (Wildman–Crippen LogP) is 2.28. The highest BCUT2D eigenvalue weighted by Crippen LogP contribution is 2.25. The number of rotatable bonds is 6. The molecular weight excluding hydrogens is 324 g/mol. The molecule has 1 aliphatic heterocycles. The van der Waals surface area contributed by atoms with Crippen LogP contribution < -0.4 is 16.0 Å². The number of nitrogens with zero attached hydrogens (tertiary/aromatic N) is 2. The lowest BCUT2D eigenvalue weighted by Crippen LogP contribution is -2.55. The van der Waals surface area contributed by atoms with Gasteiger partial charge in [-0.15, -0.1) is 0 Å². The minimum absolute atomic E-state index is 0.0569. The summed E-state index contributed by atoms with van der Waals surface area (Å²) in [5.74, 6) is 0.0569. The second-order valence-electron chi connectivity index (χ2n) is 7.99. The molecule has 1 amide bonds. The summed E-state index contributed by atoms with van der Waals surface area (Å²) in [6, 6.07) is 8.74. The largest absolute Gasteiger partial charge is 0.369 e. The van der Waals surface area contributed by atoms with Gasteiger partial charge in [0, 0.05) is 38.4 Å². The van der Waals surface area contributed by atoms with E-state index in [-0.39, 0.29) is 5.91 Å². The Labute approximate surface area is 157 Å². The molecule has 1 aromatic rings. The molecule has 0 atom stereocenters. The summed E-state index contributed by atoms with van der Waals surface area (Å²) in [6.45, 7) is 8.23. The highest BCUT2D eigenvalue weighted by Gasteiger charge is 2.34. The number of anilines is 1. The first-order valence-electron chi connectivity index (χ1n) is 10.2. The Morgan fingerprint density at radius 3 is 2.58 bits per heavy atom. The van der Waals surface area contributed by atoms with Crippen LogP contribution in [0.25, 0.3) is 0 Å². The van der Waals surface area contributed by atoms with Gasteiger partial charge in [0.2, 0.25) is 5.91 Å². The van der Waals surface area contributed by atoms with Crippen LogP contribution in [0.4, 0.5) is 5.69 Å². The zero-order chi connectivity index (χ0) is 18.4. The van der Waals surface area contributed by atoms with Crippen molar-refractivity contribution in [2.45, 2.75) is 51.0 Å². The summed E-state index contributed by atoms with van der Waals surface area (Å²) in [5, 5.41) is 3.07. The predicted molar refractivity (Wildman–Crippen MR) is 107 cm³/mol. The molecule has 1 aliphatic carbocycles. The van der Waals surface area contributed by atoms with Crippen molar-refractivity contribution in [1.82, 2.24) is 10.2 Å². The van der Waals surface area contributed by atoms with E-state index in [4.69, 9.17) is 5.73 Å². The van der Waals surface area contributed by atoms with Crippen LogP contribution in [-0.2, 0) is 4.79 Å². The molecular formula is C21H34N4O. The van der Waals surface area contributed by atoms with E-state index in [9.17, 15) is 4.79 Å². The second-order valence-corrected chi connectivity index (χ2v) is 7.99. The number of aryl methyl sites for hydroxylation is 1. The maximum Gasteiger partial charge on any atom is 0.240 e. The van der Waals surface area contributed by atoms with Crippen LogP contribution in [0, 0.1) is 6.92 Å². The molecule has 1 saturated heterocycles. The van der Waals surface area contributed by atoms with Crippen molar-refractivity contribution in [3.05, 3.63) is 29.8 Å². The average molecular weight is 359 g/mol. The Morgan fingerprint density at radius 1 is 1.15 bits per heavy atom. The number of hydrogen-bond donors (Lipinski definition) is 2. The van der Waals surface area contributed by atoms with Crippen molar-refractivity contribution in [2.24, 2.45) is 5.73 Å². The Bertz CT molecular complexity index is 589. The molecule has 1 saturated carbocycles. The quantitative estimate of drug-likeness (QED) is 0.766. The van der Waals surface area contributed by atoms with Gasteiger partial charge in [-0.25, -0.2) is 0 Å². The first-order valence-corrected chi connectivity index (χ1v) is 10.2. The fourth-order valence-electron chi connectivity index (χ4n) is 4.14. The number of piperazine rings is 1. The fourth-order valence-corrected chi connectivity index (χ4v) is 4.14. The number of benzene rings is 1. The number of carbonyl (C=O) groups excluding carboxylic acids is 1. The monoisotopic (exact) mass is 358 g/mol. The SMILES string of the molecule is Cc1cccc(N2CCN(CCCNC(=O)C3(N)CCCCC3)CC2)c1. The van der Waals surface area contributed by atoms with Crippen LogP contribution in [0.1, 0.15) is 44.1 Å². The van der Waals surface area contributed by atoms with Gasteiger partial charge in [-0.2, -0.15) is 0 Å². The highest BCUT2D eigenvalue weighted by molar-refractivity contribution is 5.86. The zero-order valence-electron chi connectivity index (χ0n) is 16.2. The number of nitrogens with one attached hydrogen (secondary N) is 1. The summed E-state index contributed by atoms with van der Waals surface area (Å²) in [4.78, 5) is 17.3. The number of nitrogens with two attached hydrogens (primary N) is 1. The lowest BCUT2D eigenvalue weighted by Gasteiger charge is -2.36. The van der Waals surface area contributed by atoms with Gasteiger partial charge in [0.25, 0.3) is 0 Å². The van der Waals surface area contributed by atoms with Gasteiger partial charge < -0.3 is 16.0 Å². The van der Waals surface area contributed by atoms with Gasteiger partial charge >= 0.3 is 0 Å². The minimum atomic E-state index is -0.613. The molecule has 0 radical (unpaired) electrons. The van der Waals surface area contributed by atoms with Crippen LogP contribution in [0.15, 0.2) is 24.3 Å². The van der Waals surface area contributed by atoms with Crippen LogP contribution in [0.2, 0.25) is 0 Å². The third-order valence-electron chi connectivity index (χ3n) is 5.87. The fraction of sp³-hybridized carbons (Fsp3) is 0.667. The van der Waals surface area contributed by atoms with E-state index in [2.05, 4.69) is 46.3 Å².